The van der Waals surface area contributed by atoms with Gasteiger partial charge in [0.1, 0.15) is 39.7 Å². The Kier molecular flexibility index (Phi) is 12.5. The zero-order valence-corrected chi connectivity index (χ0v) is 33.2. The van der Waals surface area contributed by atoms with Crippen LogP contribution in [0, 0.1) is 0 Å². The molecule has 0 unspecified atom stereocenters. The Bertz CT molecular complexity index is 1980. The minimum Gasteiger partial charge on any atom is -0.443 e. The third-order valence-electron chi connectivity index (χ3n) is 7.44. The molecule has 0 spiro atoms. The quantitative estimate of drug-likeness (QED) is 0.157. The minimum absolute atomic E-state index is 0.0103. The van der Waals surface area contributed by atoms with Crippen LogP contribution in [-0.4, -0.2) is 69.0 Å². The normalized spacial score (nSPS) is 12.0. The molecule has 4 rings (SSSR count). The number of carbonyl (C=O) groups excluding carboxylic acids is 4. The maximum atomic E-state index is 13.6. The van der Waals surface area contributed by atoms with Crippen LogP contribution in [0.2, 0.25) is 10.0 Å². The largest absolute Gasteiger partial charge is 0.443 e. The number of nitrogens with two attached hydrogens (primary N) is 1. The lowest BCUT2D eigenvalue weighted by atomic mass is 10.0. The van der Waals surface area contributed by atoms with E-state index >= 15 is 0 Å². The predicted octanol–water partition coefficient (Wildman–Crippen LogP) is 8.28. The van der Waals surface area contributed by atoms with Crippen molar-refractivity contribution in [2.75, 3.05) is 19.0 Å². The van der Waals surface area contributed by atoms with Gasteiger partial charge in [-0.2, -0.15) is 10.00 Å². The highest BCUT2D eigenvalue weighted by atomic mass is 35.5. The van der Waals surface area contributed by atoms with E-state index in [1.165, 1.54) is 4.68 Å². The van der Waals surface area contributed by atoms with Crippen molar-refractivity contribution in [2.45, 2.75) is 92.0 Å². The van der Waals surface area contributed by atoms with Gasteiger partial charge in [-0.25, -0.2) is 14.3 Å². The number of imide groups is 1. The van der Waals surface area contributed by atoms with E-state index in [2.05, 4.69) is 10.3 Å². The number of aromatic nitrogens is 3. The van der Waals surface area contributed by atoms with E-state index in [4.69, 9.17) is 42.9 Å². The van der Waals surface area contributed by atoms with Crippen LogP contribution in [0.1, 0.15) is 88.7 Å². The van der Waals surface area contributed by atoms with Crippen molar-refractivity contribution in [3.05, 3.63) is 75.0 Å². The molecule has 3 amide bonds. The van der Waals surface area contributed by atoms with Crippen LogP contribution >= 0.6 is 23.2 Å². The highest BCUT2D eigenvalue weighted by Gasteiger charge is 2.40. The molecular weight excluding hydrogens is 723 g/mol. The number of benzene rings is 2. The second-order valence-electron chi connectivity index (χ2n) is 15.2. The number of anilines is 1. The molecule has 0 bridgehead atoms. The Morgan fingerprint density at radius 3 is 1.98 bits per heavy atom. The molecule has 284 valence electrons. The van der Waals surface area contributed by atoms with Gasteiger partial charge >= 0.3 is 12.2 Å². The Hall–Kier alpha value is -4.72. The number of hydrogen-bond donors (Lipinski definition) is 1. The number of primary amides is 1. The number of hydrogen-bond acceptors (Lipinski definition) is 10. The summed E-state index contributed by atoms with van der Waals surface area (Å²) >= 11 is 12.9. The summed E-state index contributed by atoms with van der Waals surface area (Å²) in [5.74, 6) is -0.881. The summed E-state index contributed by atoms with van der Waals surface area (Å²) in [5, 5.41) is 9.73. The van der Waals surface area contributed by atoms with Crippen molar-refractivity contribution in [1.82, 2.24) is 19.8 Å². The molecule has 15 heteroatoms. The van der Waals surface area contributed by atoms with E-state index in [9.17, 15) is 19.2 Å². The molecule has 2 heterocycles. The first-order chi connectivity index (χ1) is 24.5. The van der Waals surface area contributed by atoms with Gasteiger partial charge in [0.15, 0.2) is 5.82 Å². The number of ether oxygens (including phenoxy) is 2. The smallest absolute Gasteiger partial charge is 0.425 e. The molecule has 0 atom stereocenters. The fourth-order valence-corrected chi connectivity index (χ4v) is 5.87. The monoisotopic (exact) mass is 768 g/mol. The minimum atomic E-state index is -1.07. The molecule has 53 heavy (non-hydrogen) atoms. The van der Waals surface area contributed by atoms with Crippen LogP contribution < -0.4 is 10.6 Å². The molecule has 0 saturated carbocycles. The fourth-order valence-electron chi connectivity index (χ4n) is 5.33. The molecule has 0 radical (unpaired) electrons. The van der Waals surface area contributed by atoms with Crippen molar-refractivity contribution in [1.29, 1.82) is 0 Å². The van der Waals surface area contributed by atoms with Crippen LogP contribution in [-0.2, 0) is 33.7 Å². The summed E-state index contributed by atoms with van der Waals surface area (Å²) in [6.45, 7) is 14.0. The van der Waals surface area contributed by atoms with Crippen LogP contribution in [0.5, 0.6) is 0 Å². The average molecular weight is 770 g/mol. The predicted molar refractivity (Wildman–Crippen MR) is 203 cm³/mol. The molecule has 0 aliphatic carbocycles. The SMILES string of the molecule is CC(C)n1nc(-c2ccc(CC(=O)Cc3cc(-c4cc(CN(C)C)c(Cl)cc4Cl)no3)cc2)c(C(N)=O)c1N(C(=O)OC(C)(C)C)C(=O)OC(C)(C)C. The lowest BCUT2D eigenvalue weighted by Gasteiger charge is -2.29. The molecule has 0 fully saturated rings. The summed E-state index contributed by atoms with van der Waals surface area (Å²) in [6.07, 6.45) is -2.07. The molecule has 2 aromatic carbocycles. The first-order valence-corrected chi connectivity index (χ1v) is 17.7. The number of ketones is 1. The topological polar surface area (TPSA) is 163 Å². The summed E-state index contributed by atoms with van der Waals surface area (Å²) in [6, 6.07) is 11.6. The van der Waals surface area contributed by atoms with Crippen molar-refractivity contribution < 1.29 is 33.2 Å². The molecule has 4 aromatic rings. The molecule has 2 aromatic heterocycles. The summed E-state index contributed by atoms with van der Waals surface area (Å²) < 4.78 is 18.0. The lowest BCUT2D eigenvalue weighted by molar-refractivity contribution is -0.118. The van der Waals surface area contributed by atoms with E-state index in [-0.39, 0.29) is 35.7 Å². The fraction of sp³-hybridized carbons (Fsp3) is 0.421. The standard InChI is InChI=1S/C38H46Cl2N6O7/c1-21(2)46-34(45(35(49)51-37(3,4)5)36(50)52-38(6,7)8)31(33(41)48)32(42-46)23-13-11-22(12-14-23)15-25(47)17-26-18-30(43-53-26)27-16-24(20-44(9)10)28(39)19-29(27)40/h11-14,16,18-19,21H,15,17,20H2,1-10H3,(H2,41,48). The van der Waals surface area contributed by atoms with Crippen molar-refractivity contribution in [3.63, 3.8) is 0 Å². The van der Waals surface area contributed by atoms with Crippen LogP contribution in [0.25, 0.3) is 22.5 Å². The first-order valence-electron chi connectivity index (χ1n) is 16.9. The van der Waals surface area contributed by atoms with E-state index < -0.39 is 35.3 Å². The Balaban J connectivity index is 1.62. The Morgan fingerprint density at radius 1 is 0.887 bits per heavy atom. The average Bonchev–Trinajstić information content (AvgIpc) is 3.62. The number of amides is 3. The summed E-state index contributed by atoms with van der Waals surface area (Å²) in [4.78, 5) is 56.0. The van der Waals surface area contributed by atoms with Crippen molar-refractivity contribution >= 4 is 52.9 Å². The third kappa shape index (κ3) is 10.5. The number of Topliss-reactive ketones (excluding diaryl/α,β-unsaturated/α-hetero) is 1. The van der Waals surface area contributed by atoms with E-state index in [0.29, 0.717) is 49.6 Å². The molecule has 0 aliphatic heterocycles. The van der Waals surface area contributed by atoms with Gasteiger partial charge in [-0.05, 0) is 92.7 Å². The molecule has 0 saturated heterocycles. The number of carbonyl (C=O) groups is 4. The first kappa shape index (κ1) is 41.0. The van der Waals surface area contributed by atoms with Gasteiger partial charge < -0.3 is 24.6 Å². The van der Waals surface area contributed by atoms with Gasteiger partial charge in [0.05, 0.1) is 11.4 Å². The third-order valence-corrected chi connectivity index (χ3v) is 8.11. The zero-order valence-electron chi connectivity index (χ0n) is 31.7. The van der Waals surface area contributed by atoms with Crippen LogP contribution in [0.4, 0.5) is 15.4 Å². The second kappa shape index (κ2) is 16.1. The maximum Gasteiger partial charge on any atom is 0.425 e. The molecular formula is C38H46Cl2N6O7. The Morgan fingerprint density at radius 2 is 1.47 bits per heavy atom. The van der Waals surface area contributed by atoms with Gasteiger partial charge in [0.25, 0.3) is 5.91 Å². The van der Waals surface area contributed by atoms with E-state index in [1.807, 2.05) is 25.1 Å². The van der Waals surface area contributed by atoms with Gasteiger partial charge in [-0.15, -0.1) is 0 Å². The van der Waals surface area contributed by atoms with Crippen LogP contribution in [0.3, 0.4) is 0 Å². The number of halogens is 2. The van der Waals surface area contributed by atoms with Gasteiger partial charge in [0, 0.05) is 41.2 Å². The summed E-state index contributed by atoms with van der Waals surface area (Å²) in [7, 11) is 3.87. The van der Waals surface area contributed by atoms with Crippen LogP contribution in [0.15, 0.2) is 47.0 Å². The molecule has 2 N–H and O–H groups in total. The van der Waals surface area contributed by atoms with Crippen molar-refractivity contribution in [2.24, 2.45) is 5.73 Å². The lowest BCUT2D eigenvalue weighted by Crippen LogP contribution is -2.45. The van der Waals surface area contributed by atoms with Gasteiger partial charge in [0.2, 0.25) is 0 Å². The molecule has 13 nitrogen and oxygen atoms in total. The highest BCUT2D eigenvalue weighted by molar-refractivity contribution is 6.36. The van der Waals surface area contributed by atoms with Gasteiger partial charge in [-0.1, -0.05) is 52.6 Å². The number of rotatable bonds is 11. The summed E-state index contributed by atoms with van der Waals surface area (Å²) in [5.41, 5.74) is 7.02. The second-order valence-corrected chi connectivity index (χ2v) is 16.0. The van der Waals surface area contributed by atoms with E-state index in [0.717, 1.165) is 5.56 Å². The Labute approximate surface area is 319 Å². The highest BCUT2D eigenvalue weighted by Crippen LogP contribution is 2.36. The van der Waals surface area contributed by atoms with E-state index in [1.54, 1.807) is 91.8 Å². The van der Waals surface area contributed by atoms with Gasteiger partial charge in [-0.3, -0.25) is 9.59 Å². The zero-order chi connectivity index (χ0) is 39.6. The maximum absolute atomic E-state index is 13.6. The molecule has 0 aliphatic rings. The number of nitrogens with zero attached hydrogens (tertiary/aromatic N) is 5. The van der Waals surface area contributed by atoms with Crippen molar-refractivity contribution in [3.8, 4) is 22.5 Å².